The van der Waals surface area contributed by atoms with Crippen molar-refractivity contribution in [2.45, 2.75) is 9.75 Å². The summed E-state index contributed by atoms with van der Waals surface area (Å²) in [5.74, 6) is -4.51. The van der Waals surface area contributed by atoms with E-state index in [2.05, 4.69) is 0 Å². The summed E-state index contributed by atoms with van der Waals surface area (Å²) >= 11 is 14.9. The van der Waals surface area contributed by atoms with Crippen LogP contribution in [0.5, 0.6) is 0 Å². The van der Waals surface area contributed by atoms with E-state index in [1.54, 1.807) is 0 Å². The number of nitro benzene ring substituents is 1. The van der Waals surface area contributed by atoms with Crippen LogP contribution in [0.2, 0.25) is 0 Å². The Labute approximate surface area is 260 Å². The van der Waals surface area contributed by atoms with Gasteiger partial charge >= 0.3 is 5.97 Å². The van der Waals surface area contributed by atoms with E-state index < -0.39 is 56.7 Å². The van der Waals surface area contributed by atoms with Crippen molar-refractivity contribution in [3.63, 3.8) is 0 Å². The third kappa shape index (κ3) is 3.72. The van der Waals surface area contributed by atoms with Gasteiger partial charge in [-0.3, -0.25) is 24.5 Å². The first-order chi connectivity index (χ1) is 21.1. The zero-order valence-corrected chi connectivity index (χ0v) is 24.1. The Kier molecular flexibility index (Phi) is 6.25. The highest BCUT2D eigenvalue weighted by Crippen LogP contribution is 2.69. The molecule has 0 saturated carbocycles. The van der Waals surface area contributed by atoms with Crippen molar-refractivity contribution in [2.75, 3.05) is 11.5 Å². The summed E-state index contributed by atoms with van der Waals surface area (Å²) in [6, 6.07) is 25.3. The largest absolute Gasteiger partial charge is 0.454 e. The van der Waals surface area contributed by atoms with Crippen LogP contribution >= 0.6 is 23.2 Å². The zero-order chi connectivity index (χ0) is 31.0. The maximum absolute atomic E-state index is 14.2. The minimum atomic E-state index is -1.34. The summed E-state index contributed by atoms with van der Waals surface area (Å²) in [5, 5.41) is 10.9. The summed E-state index contributed by atoms with van der Waals surface area (Å²) in [6.45, 7) is -0.618. The molecule has 1 aliphatic heterocycles. The van der Waals surface area contributed by atoms with Gasteiger partial charge in [-0.25, -0.2) is 9.69 Å². The molecule has 2 bridgehead atoms. The molecule has 218 valence electrons. The van der Waals surface area contributed by atoms with E-state index in [0.29, 0.717) is 22.3 Å². The smallest absolute Gasteiger partial charge is 0.338 e. The molecule has 2 atom stereocenters. The topological polar surface area (TPSA) is 124 Å². The molecule has 9 nitrogen and oxygen atoms in total. The van der Waals surface area contributed by atoms with Gasteiger partial charge in [-0.1, -0.05) is 54.6 Å². The van der Waals surface area contributed by atoms with Crippen LogP contribution in [-0.2, 0) is 24.1 Å². The van der Waals surface area contributed by atoms with E-state index in [1.165, 1.54) is 48.5 Å². The number of amides is 2. The number of carbonyl (C=O) groups is 4. The van der Waals surface area contributed by atoms with Crippen LogP contribution < -0.4 is 4.90 Å². The monoisotopic (exact) mass is 626 g/mol. The molecule has 0 N–H and O–H groups in total. The first kappa shape index (κ1) is 27.9. The Hall–Kier alpha value is -4.86. The van der Waals surface area contributed by atoms with Crippen molar-refractivity contribution < 1.29 is 28.8 Å². The highest BCUT2D eigenvalue weighted by atomic mass is 35.5. The molecule has 2 amide bonds. The average molecular weight is 627 g/mol. The molecular formula is C33H20Cl2N2O7. The van der Waals surface area contributed by atoms with Gasteiger partial charge in [0, 0.05) is 17.7 Å². The fourth-order valence-corrected chi connectivity index (χ4v) is 7.86. The number of non-ortho nitro benzene ring substituents is 1. The summed E-state index contributed by atoms with van der Waals surface area (Å²) in [6.07, 6.45) is 0. The number of rotatable bonds is 6. The van der Waals surface area contributed by atoms with Gasteiger partial charge in [0.15, 0.2) is 12.4 Å². The Balaban J connectivity index is 1.19. The number of carbonyl (C=O) groups excluding carboxylic acids is 4. The lowest BCUT2D eigenvalue weighted by Crippen LogP contribution is -2.57. The number of ketones is 1. The minimum absolute atomic E-state index is 0.00480. The highest BCUT2D eigenvalue weighted by molar-refractivity contribution is 6.38. The minimum Gasteiger partial charge on any atom is -0.454 e. The van der Waals surface area contributed by atoms with E-state index in [9.17, 15) is 29.3 Å². The summed E-state index contributed by atoms with van der Waals surface area (Å²) in [5.41, 5.74) is 2.80. The molecule has 3 aliphatic carbocycles. The van der Waals surface area contributed by atoms with Crippen LogP contribution in [0.3, 0.4) is 0 Å². The standard InChI is InChI=1S/C33H20Cl2N2O7/c34-32-22-8-1-2-9-23(22)33(35,25-11-4-3-10-24(25)32)28-27(32)29(39)36(30(28)40)21-7-5-6-19(16-21)31(41)44-17-26(38)18-12-14-20(15-13-18)37(42)43/h1-16,27-28H,17H2/t27-,28-,32?,33?/m1/s1. The quantitative estimate of drug-likeness (QED) is 0.0668. The maximum Gasteiger partial charge on any atom is 0.338 e. The molecule has 0 radical (unpaired) electrons. The number of alkyl halides is 2. The second kappa shape index (κ2) is 9.83. The van der Waals surface area contributed by atoms with Gasteiger partial charge in [-0.2, -0.15) is 0 Å². The van der Waals surface area contributed by atoms with E-state index in [1.807, 2.05) is 48.5 Å². The van der Waals surface area contributed by atoms with Gasteiger partial charge in [-0.15, -0.1) is 23.2 Å². The summed E-state index contributed by atoms with van der Waals surface area (Å²) < 4.78 is 5.20. The van der Waals surface area contributed by atoms with E-state index in [4.69, 9.17) is 27.9 Å². The lowest BCUT2D eigenvalue weighted by molar-refractivity contribution is -0.384. The second-order valence-corrected chi connectivity index (χ2v) is 12.0. The molecule has 4 aliphatic rings. The third-order valence-corrected chi connectivity index (χ3v) is 9.94. The van der Waals surface area contributed by atoms with Crippen molar-refractivity contribution in [3.8, 4) is 0 Å². The predicted octanol–water partition coefficient (Wildman–Crippen LogP) is 5.73. The van der Waals surface area contributed by atoms with E-state index >= 15 is 0 Å². The van der Waals surface area contributed by atoms with Crippen LogP contribution in [0.1, 0.15) is 43.0 Å². The number of benzene rings is 4. The number of anilines is 1. The molecule has 0 spiro atoms. The molecule has 4 aromatic carbocycles. The molecule has 1 fully saturated rings. The first-order valence-corrected chi connectivity index (χ1v) is 14.3. The van der Waals surface area contributed by atoms with Crippen molar-refractivity contribution in [1.29, 1.82) is 0 Å². The number of nitro groups is 1. The number of hydrogen-bond acceptors (Lipinski definition) is 7. The van der Waals surface area contributed by atoms with Crippen molar-refractivity contribution in [3.05, 3.63) is 141 Å². The Morgan fingerprint density at radius 1 is 0.750 bits per heavy atom. The molecule has 0 unspecified atom stereocenters. The number of imide groups is 1. The fraction of sp³-hybridized carbons (Fsp3) is 0.152. The van der Waals surface area contributed by atoms with Gasteiger partial charge in [-0.05, 0) is 52.6 Å². The number of Topliss-reactive ketones (excluding diaryl/α,β-unsaturated/α-hetero) is 1. The van der Waals surface area contributed by atoms with Crippen LogP contribution in [0.15, 0.2) is 97.1 Å². The number of esters is 1. The SMILES string of the molecule is O=C(COC(=O)c1cccc(N2C(=O)[C@H]3[C@H](C2=O)C2(Cl)c4ccccc4C3(Cl)c3ccccc32)c1)c1ccc([N+](=O)[O-])cc1. The lowest BCUT2D eigenvalue weighted by atomic mass is 9.54. The van der Waals surface area contributed by atoms with E-state index in [-0.39, 0.29) is 22.5 Å². The van der Waals surface area contributed by atoms with Gasteiger partial charge in [0.05, 0.1) is 28.0 Å². The zero-order valence-electron chi connectivity index (χ0n) is 22.6. The van der Waals surface area contributed by atoms with Crippen molar-refractivity contribution in [1.82, 2.24) is 0 Å². The molecule has 4 aromatic rings. The average Bonchev–Trinajstić information content (AvgIpc) is 3.33. The van der Waals surface area contributed by atoms with Crippen LogP contribution in [0.4, 0.5) is 11.4 Å². The molecular weight excluding hydrogens is 607 g/mol. The number of hydrogen-bond donors (Lipinski definition) is 0. The Bertz CT molecular complexity index is 1820. The number of halogens is 2. The van der Waals surface area contributed by atoms with Gasteiger partial charge in [0.25, 0.3) is 5.69 Å². The van der Waals surface area contributed by atoms with Crippen molar-refractivity contribution in [2.24, 2.45) is 11.8 Å². The van der Waals surface area contributed by atoms with Gasteiger partial charge in [0.2, 0.25) is 11.8 Å². The predicted molar refractivity (Wildman–Crippen MR) is 160 cm³/mol. The molecule has 44 heavy (non-hydrogen) atoms. The second-order valence-electron chi connectivity index (χ2n) is 10.8. The Morgan fingerprint density at radius 2 is 1.25 bits per heavy atom. The highest BCUT2D eigenvalue weighted by Gasteiger charge is 2.73. The molecule has 11 heteroatoms. The normalized spacial score (nSPS) is 24.4. The first-order valence-electron chi connectivity index (χ1n) is 13.6. The van der Waals surface area contributed by atoms with E-state index in [0.717, 1.165) is 4.90 Å². The molecule has 8 rings (SSSR count). The van der Waals surface area contributed by atoms with Gasteiger partial charge in [0.1, 0.15) is 9.75 Å². The third-order valence-electron chi connectivity index (χ3n) is 8.66. The Morgan fingerprint density at radius 3 is 1.73 bits per heavy atom. The number of ether oxygens (including phenoxy) is 1. The molecule has 1 heterocycles. The van der Waals surface area contributed by atoms with Crippen LogP contribution in [0.25, 0.3) is 0 Å². The van der Waals surface area contributed by atoms with Crippen molar-refractivity contribution >= 4 is 58.1 Å². The number of nitrogens with zero attached hydrogens (tertiary/aromatic N) is 2. The van der Waals surface area contributed by atoms with Crippen LogP contribution in [0, 0.1) is 22.0 Å². The molecule has 1 saturated heterocycles. The van der Waals surface area contributed by atoms with Crippen LogP contribution in [-0.4, -0.2) is 35.1 Å². The summed E-state index contributed by atoms with van der Waals surface area (Å²) in [4.78, 5) is 62.4. The van der Waals surface area contributed by atoms with Gasteiger partial charge < -0.3 is 4.74 Å². The fourth-order valence-electron chi connectivity index (χ4n) is 6.76. The summed E-state index contributed by atoms with van der Waals surface area (Å²) in [7, 11) is 0. The lowest BCUT2D eigenvalue weighted by Gasteiger charge is -2.54. The maximum atomic E-state index is 14.2. The molecule has 0 aromatic heterocycles.